The van der Waals surface area contributed by atoms with Crippen LogP contribution in [-0.2, 0) is 18.1 Å². The number of aryl methyl sites for hydroxylation is 2. The summed E-state index contributed by atoms with van der Waals surface area (Å²) < 4.78 is 11.9. The molecule has 1 aliphatic carbocycles. The van der Waals surface area contributed by atoms with Crippen molar-refractivity contribution in [2.45, 2.75) is 45.1 Å². The highest BCUT2D eigenvalue weighted by Gasteiger charge is 2.29. The number of oxazole rings is 1. The SMILES string of the molecule is Cc1oc(C2CC2)nc1COc1cc(CCC[O])cc2ccccc12. The van der Waals surface area contributed by atoms with Crippen LogP contribution in [0.25, 0.3) is 10.8 Å². The van der Waals surface area contributed by atoms with Crippen LogP contribution < -0.4 is 4.74 Å². The average Bonchev–Trinajstić information content (AvgIpc) is 3.41. The molecular weight excluding hydrogens is 314 g/mol. The van der Waals surface area contributed by atoms with Crippen molar-refractivity contribution in [2.24, 2.45) is 0 Å². The van der Waals surface area contributed by atoms with Gasteiger partial charge in [-0.3, -0.25) is 0 Å². The van der Waals surface area contributed by atoms with Gasteiger partial charge in [0.2, 0.25) is 0 Å². The molecule has 25 heavy (non-hydrogen) atoms. The third-order valence-electron chi connectivity index (χ3n) is 4.69. The summed E-state index contributed by atoms with van der Waals surface area (Å²) in [5.41, 5.74) is 2.01. The van der Waals surface area contributed by atoms with Crippen molar-refractivity contribution in [3.05, 3.63) is 59.3 Å². The topological polar surface area (TPSA) is 55.2 Å². The molecule has 1 aliphatic rings. The van der Waals surface area contributed by atoms with Crippen LogP contribution >= 0.6 is 0 Å². The molecule has 0 amide bonds. The zero-order chi connectivity index (χ0) is 17.2. The molecule has 4 heteroatoms. The van der Waals surface area contributed by atoms with Gasteiger partial charge < -0.3 is 9.15 Å². The number of nitrogens with zero attached hydrogens (tertiary/aromatic N) is 1. The summed E-state index contributed by atoms with van der Waals surface area (Å²) in [6, 6.07) is 12.4. The summed E-state index contributed by atoms with van der Waals surface area (Å²) in [7, 11) is 0. The highest BCUT2D eigenvalue weighted by molar-refractivity contribution is 5.89. The predicted octanol–water partition coefficient (Wildman–Crippen LogP) is 4.96. The zero-order valence-corrected chi connectivity index (χ0v) is 14.5. The minimum absolute atomic E-state index is 0.0505. The molecule has 0 atom stereocenters. The normalized spacial score (nSPS) is 14.2. The zero-order valence-electron chi connectivity index (χ0n) is 14.5. The Balaban J connectivity index is 1.59. The van der Waals surface area contributed by atoms with Crippen LogP contribution in [0.3, 0.4) is 0 Å². The Kier molecular flexibility index (Phi) is 4.45. The van der Waals surface area contributed by atoms with E-state index in [9.17, 15) is 5.11 Å². The standard InChI is InChI=1S/C21H22NO3/c1-14-19(22-21(25-14)16-8-9-16)13-24-20-12-15(5-4-10-23)11-17-6-2-3-7-18(17)20/h2-3,6-7,11-12,16H,4-5,8-10,13H2,1H3. The monoisotopic (exact) mass is 336 g/mol. The quantitative estimate of drug-likeness (QED) is 0.613. The Hall–Kier alpha value is -2.33. The van der Waals surface area contributed by atoms with Gasteiger partial charge in [-0.2, -0.15) is 0 Å². The molecule has 0 spiro atoms. The highest BCUT2D eigenvalue weighted by atomic mass is 16.5. The Morgan fingerprint density at radius 1 is 1.24 bits per heavy atom. The van der Waals surface area contributed by atoms with Crippen LogP contribution in [-0.4, -0.2) is 11.6 Å². The van der Waals surface area contributed by atoms with Gasteiger partial charge in [0.05, 0.1) is 6.61 Å². The molecule has 2 aromatic carbocycles. The Labute approximate surface area is 147 Å². The first-order chi connectivity index (χ1) is 12.2. The Morgan fingerprint density at radius 3 is 2.88 bits per heavy atom. The maximum absolute atomic E-state index is 10.8. The van der Waals surface area contributed by atoms with Crippen LogP contribution in [0.2, 0.25) is 0 Å². The van der Waals surface area contributed by atoms with E-state index in [4.69, 9.17) is 9.15 Å². The fraction of sp³-hybridized carbons (Fsp3) is 0.381. The number of ether oxygens (including phenoxy) is 1. The van der Waals surface area contributed by atoms with Crippen LogP contribution in [0.15, 0.2) is 40.8 Å². The van der Waals surface area contributed by atoms with Crippen molar-refractivity contribution in [3.8, 4) is 5.75 Å². The lowest BCUT2D eigenvalue weighted by Crippen LogP contribution is -2.00. The molecule has 1 heterocycles. The van der Waals surface area contributed by atoms with E-state index >= 15 is 0 Å². The van der Waals surface area contributed by atoms with E-state index in [2.05, 4.69) is 29.2 Å². The van der Waals surface area contributed by atoms with Crippen molar-refractivity contribution in [1.82, 2.24) is 4.98 Å². The average molecular weight is 336 g/mol. The maximum Gasteiger partial charge on any atom is 0.197 e. The molecular formula is C21H22NO3. The van der Waals surface area contributed by atoms with Gasteiger partial charge in [-0.25, -0.2) is 10.1 Å². The largest absolute Gasteiger partial charge is 0.486 e. The van der Waals surface area contributed by atoms with Gasteiger partial charge in [-0.15, -0.1) is 0 Å². The minimum Gasteiger partial charge on any atom is -0.486 e. The number of aromatic nitrogens is 1. The van der Waals surface area contributed by atoms with Crippen molar-refractivity contribution >= 4 is 10.8 Å². The lowest BCUT2D eigenvalue weighted by Gasteiger charge is -2.11. The third kappa shape index (κ3) is 3.54. The van der Waals surface area contributed by atoms with Gasteiger partial charge in [0.25, 0.3) is 0 Å². The molecule has 0 bridgehead atoms. The maximum atomic E-state index is 10.8. The number of rotatable bonds is 7. The van der Waals surface area contributed by atoms with Gasteiger partial charge >= 0.3 is 0 Å². The fourth-order valence-electron chi connectivity index (χ4n) is 3.11. The molecule has 4 nitrogen and oxygen atoms in total. The lowest BCUT2D eigenvalue weighted by atomic mass is 10.0. The van der Waals surface area contributed by atoms with Gasteiger partial charge in [-0.05, 0) is 49.6 Å². The van der Waals surface area contributed by atoms with E-state index < -0.39 is 0 Å². The van der Waals surface area contributed by atoms with Crippen LogP contribution in [0.5, 0.6) is 5.75 Å². The number of hydrogen-bond donors (Lipinski definition) is 0. The summed E-state index contributed by atoms with van der Waals surface area (Å²) in [5.74, 6) is 3.04. The third-order valence-corrected chi connectivity index (χ3v) is 4.69. The smallest absolute Gasteiger partial charge is 0.197 e. The number of hydrogen-bond acceptors (Lipinski definition) is 3. The molecule has 0 aliphatic heterocycles. The molecule has 1 fully saturated rings. The van der Waals surface area contributed by atoms with Crippen LogP contribution in [0.1, 0.15) is 48.1 Å². The van der Waals surface area contributed by atoms with Gasteiger partial charge in [0.15, 0.2) is 5.89 Å². The lowest BCUT2D eigenvalue weighted by molar-refractivity contribution is 0.189. The van der Waals surface area contributed by atoms with Crippen molar-refractivity contribution in [2.75, 3.05) is 6.61 Å². The Morgan fingerprint density at radius 2 is 2.08 bits per heavy atom. The highest BCUT2D eigenvalue weighted by Crippen LogP contribution is 2.40. The van der Waals surface area contributed by atoms with Gasteiger partial charge in [0, 0.05) is 11.3 Å². The predicted molar refractivity (Wildman–Crippen MR) is 95.4 cm³/mol. The summed E-state index contributed by atoms with van der Waals surface area (Å²) in [6.07, 6.45) is 3.77. The Bertz CT molecular complexity index is 880. The molecule has 129 valence electrons. The first kappa shape index (κ1) is 16.2. The van der Waals surface area contributed by atoms with Crippen molar-refractivity contribution < 1.29 is 14.3 Å². The van der Waals surface area contributed by atoms with Crippen molar-refractivity contribution in [3.63, 3.8) is 0 Å². The molecule has 0 unspecified atom stereocenters. The summed E-state index contributed by atoms with van der Waals surface area (Å²) in [5, 5.41) is 13.0. The van der Waals surface area contributed by atoms with Crippen LogP contribution in [0, 0.1) is 6.92 Å². The van der Waals surface area contributed by atoms with E-state index in [0.717, 1.165) is 45.9 Å². The molecule has 0 N–H and O–H groups in total. The molecule has 4 rings (SSSR count). The first-order valence-corrected chi connectivity index (χ1v) is 8.93. The van der Waals surface area contributed by atoms with Crippen molar-refractivity contribution in [1.29, 1.82) is 0 Å². The van der Waals surface area contributed by atoms with E-state index in [0.29, 0.717) is 18.9 Å². The summed E-state index contributed by atoms with van der Waals surface area (Å²) in [4.78, 5) is 4.61. The fourth-order valence-corrected chi connectivity index (χ4v) is 3.11. The van der Waals surface area contributed by atoms with E-state index in [1.807, 2.05) is 19.1 Å². The minimum atomic E-state index is -0.0505. The second-order valence-electron chi connectivity index (χ2n) is 6.74. The molecule has 0 saturated heterocycles. The second-order valence-corrected chi connectivity index (χ2v) is 6.74. The molecule has 1 radical (unpaired) electrons. The van der Waals surface area contributed by atoms with Gasteiger partial charge in [0.1, 0.15) is 23.8 Å². The summed E-state index contributed by atoms with van der Waals surface area (Å²) >= 11 is 0. The van der Waals surface area contributed by atoms with Gasteiger partial charge in [-0.1, -0.05) is 30.3 Å². The summed E-state index contributed by atoms with van der Waals surface area (Å²) in [6.45, 7) is 2.29. The number of benzene rings is 2. The van der Waals surface area contributed by atoms with E-state index in [1.54, 1.807) is 0 Å². The molecule has 1 saturated carbocycles. The number of fused-ring (bicyclic) bond motifs is 1. The molecule has 3 aromatic rings. The van der Waals surface area contributed by atoms with E-state index in [1.165, 1.54) is 12.8 Å². The van der Waals surface area contributed by atoms with Crippen LogP contribution in [0.4, 0.5) is 0 Å². The second kappa shape index (κ2) is 6.89. The first-order valence-electron chi connectivity index (χ1n) is 8.93. The molecule has 1 aromatic heterocycles. The van der Waals surface area contributed by atoms with E-state index in [-0.39, 0.29) is 6.61 Å².